The number of carbonyl (C=O) groups is 1. The van der Waals surface area contributed by atoms with Crippen molar-refractivity contribution in [2.75, 3.05) is 6.54 Å². The standard InChI is InChI=1S/C10H19NO4S/c1-7(2)16(14,15)11-6-4-5-8(3)9(11)10(12)13/h7-9H,4-6H2,1-3H3,(H,12,13). The van der Waals surface area contributed by atoms with E-state index in [1.165, 1.54) is 0 Å². The first-order valence-electron chi connectivity index (χ1n) is 5.52. The number of nitrogens with zero attached hydrogens (tertiary/aromatic N) is 1. The van der Waals surface area contributed by atoms with E-state index in [4.69, 9.17) is 5.11 Å². The molecule has 1 fully saturated rings. The van der Waals surface area contributed by atoms with Gasteiger partial charge in [-0.05, 0) is 32.6 Å². The first kappa shape index (κ1) is 13.4. The fraction of sp³-hybridized carbons (Fsp3) is 0.900. The molecule has 1 N–H and O–H groups in total. The molecule has 0 aromatic rings. The molecule has 0 aliphatic carbocycles. The van der Waals surface area contributed by atoms with E-state index in [2.05, 4.69) is 0 Å². The molecule has 0 spiro atoms. The van der Waals surface area contributed by atoms with Gasteiger partial charge in [-0.3, -0.25) is 4.79 Å². The number of hydrogen-bond acceptors (Lipinski definition) is 3. The molecule has 0 aromatic heterocycles. The molecule has 5 nitrogen and oxygen atoms in total. The van der Waals surface area contributed by atoms with E-state index < -0.39 is 27.3 Å². The Labute approximate surface area is 96.5 Å². The summed E-state index contributed by atoms with van der Waals surface area (Å²) >= 11 is 0. The van der Waals surface area contributed by atoms with Crippen molar-refractivity contribution in [3.8, 4) is 0 Å². The summed E-state index contributed by atoms with van der Waals surface area (Å²) in [4.78, 5) is 11.1. The lowest BCUT2D eigenvalue weighted by molar-refractivity contribution is -0.144. The third-order valence-corrected chi connectivity index (χ3v) is 5.32. The van der Waals surface area contributed by atoms with Crippen LogP contribution in [-0.2, 0) is 14.8 Å². The van der Waals surface area contributed by atoms with Crippen molar-refractivity contribution in [3.05, 3.63) is 0 Å². The van der Waals surface area contributed by atoms with Crippen LogP contribution in [0.15, 0.2) is 0 Å². The zero-order valence-electron chi connectivity index (χ0n) is 9.88. The highest BCUT2D eigenvalue weighted by Crippen LogP contribution is 2.27. The normalized spacial score (nSPS) is 28.2. The van der Waals surface area contributed by atoms with Gasteiger partial charge in [0.1, 0.15) is 6.04 Å². The molecule has 2 unspecified atom stereocenters. The zero-order valence-corrected chi connectivity index (χ0v) is 10.7. The maximum atomic E-state index is 12.0. The molecule has 0 aromatic carbocycles. The van der Waals surface area contributed by atoms with Crippen molar-refractivity contribution < 1.29 is 18.3 Å². The summed E-state index contributed by atoms with van der Waals surface area (Å²) in [5.74, 6) is -1.17. The largest absolute Gasteiger partial charge is 0.480 e. The molecule has 1 aliphatic heterocycles. The maximum Gasteiger partial charge on any atom is 0.322 e. The van der Waals surface area contributed by atoms with Gasteiger partial charge in [-0.15, -0.1) is 0 Å². The average Bonchev–Trinajstić information content (AvgIpc) is 2.16. The van der Waals surface area contributed by atoms with E-state index in [1.54, 1.807) is 20.8 Å². The molecular weight excluding hydrogens is 230 g/mol. The first-order valence-corrected chi connectivity index (χ1v) is 7.02. The summed E-state index contributed by atoms with van der Waals surface area (Å²) in [5.41, 5.74) is 0. The maximum absolute atomic E-state index is 12.0. The van der Waals surface area contributed by atoms with Gasteiger partial charge in [-0.2, -0.15) is 4.31 Å². The quantitative estimate of drug-likeness (QED) is 0.806. The van der Waals surface area contributed by atoms with Crippen LogP contribution >= 0.6 is 0 Å². The summed E-state index contributed by atoms with van der Waals surface area (Å²) in [5, 5.41) is 8.55. The van der Waals surface area contributed by atoms with E-state index in [0.29, 0.717) is 6.54 Å². The number of rotatable bonds is 3. The van der Waals surface area contributed by atoms with Gasteiger partial charge in [0.2, 0.25) is 10.0 Å². The second kappa shape index (κ2) is 4.71. The minimum absolute atomic E-state index is 0.125. The smallest absolute Gasteiger partial charge is 0.322 e. The van der Waals surface area contributed by atoms with Gasteiger partial charge in [0.15, 0.2) is 0 Å². The van der Waals surface area contributed by atoms with Gasteiger partial charge in [0.25, 0.3) is 0 Å². The van der Waals surface area contributed by atoms with Gasteiger partial charge in [0, 0.05) is 6.54 Å². The van der Waals surface area contributed by atoms with Crippen molar-refractivity contribution in [1.82, 2.24) is 4.31 Å². The molecule has 0 amide bonds. The topological polar surface area (TPSA) is 74.7 Å². The molecule has 94 valence electrons. The Morgan fingerprint density at radius 2 is 2.00 bits per heavy atom. The van der Waals surface area contributed by atoms with Gasteiger partial charge < -0.3 is 5.11 Å². The van der Waals surface area contributed by atoms with Crippen LogP contribution in [0, 0.1) is 5.92 Å². The highest BCUT2D eigenvalue weighted by atomic mass is 32.2. The SMILES string of the molecule is CC1CCCN(S(=O)(=O)C(C)C)C1C(=O)O. The number of sulfonamides is 1. The lowest BCUT2D eigenvalue weighted by Gasteiger charge is -2.37. The minimum atomic E-state index is -3.47. The Kier molecular flexibility index (Phi) is 3.96. The molecule has 1 saturated heterocycles. The van der Waals surface area contributed by atoms with E-state index >= 15 is 0 Å². The Hall–Kier alpha value is -0.620. The molecule has 16 heavy (non-hydrogen) atoms. The van der Waals surface area contributed by atoms with E-state index in [1.807, 2.05) is 0 Å². The number of carboxylic acids is 1. The lowest BCUT2D eigenvalue weighted by Crippen LogP contribution is -2.53. The second-order valence-electron chi connectivity index (χ2n) is 4.61. The van der Waals surface area contributed by atoms with Gasteiger partial charge >= 0.3 is 5.97 Å². The zero-order chi connectivity index (χ0) is 12.5. The number of piperidine rings is 1. The molecule has 2 atom stereocenters. The molecule has 1 heterocycles. The molecule has 0 radical (unpaired) electrons. The molecule has 6 heteroatoms. The van der Waals surface area contributed by atoms with Crippen LogP contribution in [0.1, 0.15) is 33.6 Å². The van der Waals surface area contributed by atoms with Crippen LogP contribution in [0.5, 0.6) is 0 Å². The van der Waals surface area contributed by atoms with Crippen molar-refractivity contribution in [2.24, 2.45) is 5.92 Å². The highest BCUT2D eigenvalue weighted by Gasteiger charge is 2.41. The lowest BCUT2D eigenvalue weighted by atomic mass is 9.93. The Morgan fingerprint density at radius 1 is 1.44 bits per heavy atom. The summed E-state index contributed by atoms with van der Waals surface area (Å²) < 4.78 is 25.2. The molecule has 0 bridgehead atoms. The third-order valence-electron chi connectivity index (χ3n) is 3.06. The summed E-state index contributed by atoms with van der Waals surface area (Å²) in [6.07, 6.45) is 1.50. The molecule has 1 aliphatic rings. The van der Waals surface area contributed by atoms with Gasteiger partial charge in [0.05, 0.1) is 5.25 Å². The van der Waals surface area contributed by atoms with Crippen LogP contribution < -0.4 is 0 Å². The summed E-state index contributed by atoms with van der Waals surface area (Å²) in [6, 6.07) is -0.902. The average molecular weight is 249 g/mol. The Balaban J connectivity index is 3.05. The monoisotopic (exact) mass is 249 g/mol. The van der Waals surface area contributed by atoms with Crippen molar-refractivity contribution in [1.29, 1.82) is 0 Å². The predicted octanol–water partition coefficient (Wildman–Crippen LogP) is 0.910. The van der Waals surface area contributed by atoms with Gasteiger partial charge in [-0.1, -0.05) is 6.92 Å². The highest BCUT2D eigenvalue weighted by molar-refractivity contribution is 7.89. The second-order valence-corrected chi connectivity index (χ2v) is 7.05. The van der Waals surface area contributed by atoms with Crippen LogP contribution in [-0.4, -0.2) is 41.6 Å². The fourth-order valence-corrected chi connectivity index (χ4v) is 3.61. The number of hydrogen-bond donors (Lipinski definition) is 1. The Bertz CT molecular complexity index is 363. The first-order chi connectivity index (χ1) is 7.28. The van der Waals surface area contributed by atoms with Crippen molar-refractivity contribution >= 4 is 16.0 Å². The van der Waals surface area contributed by atoms with E-state index in [9.17, 15) is 13.2 Å². The predicted molar refractivity (Wildman–Crippen MR) is 60.6 cm³/mol. The van der Waals surface area contributed by atoms with Crippen molar-refractivity contribution in [3.63, 3.8) is 0 Å². The van der Waals surface area contributed by atoms with Crippen LogP contribution in [0.25, 0.3) is 0 Å². The van der Waals surface area contributed by atoms with Crippen LogP contribution in [0.4, 0.5) is 0 Å². The minimum Gasteiger partial charge on any atom is -0.480 e. The van der Waals surface area contributed by atoms with E-state index in [0.717, 1.165) is 17.1 Å². The number of carboxylic acid groups (broad SMARTS) is 1. The fourth-order valence-electron chi connectivity index (χ4n) is 2.07. The van der Waals surface area contributed by atoms with Crippen LogP contribution in [0.3, 0.4) is 0 Å². The van der Waals surface area contributed by atoms with E-state index in [-0.39, 0.29) is 5.92 Å². The Morgan fingerprint density at radius 3 is 2.44 bits per heavy atom. The molecule has 0 saturated carbocycles. The molecule has 1 rings (SSSR count). The summed E-state index contributed by atoms with van der Waals surface area (Å²) in [6.45, 7) is 5.27. The summed E-state index contributed by atoms with van der Waals surface area (Å²) in [7, 11) is -3.47. The third kappa shape index (κ3) is 2.38. The van der Waals surface area contributed by atoms with Gasteiger partial charge in [-0.25, -0.2) is 8.42 Å². The number of aliphatic carboxylic acids is 1. The van der Waals surface area contributed by atoms with Crippen LogP contribution in [0.2, 0.25) is 0 Å². The molecular formula is C10H19NO4S. The van der Waals surface area contributed by atoms with Crippen molar-refractivity contribution in [2.45, 2.75) is 44.9 Å².